The van der Waals surface area contributed by atoms with Crippen molar-refractivity contribution in [3.63, 3.8) is 0 Å². The predicted octanol–water partition coefficient (Wildman–Crippen LogP) is 2.37. The fourth-order valence-corrected chi connectivity index (χ4v) is 4.72. The third-order valence-corrected chi connectivity index (χ3v) is 5.97. The van der Waals surface area contributed by atoms with E-state index in [-0.39, 0.29) is 23.7 Å². The number of benzene rings is 1. The van der Waals surface area contributed by atoms with E-state index < -0.39 is 6.10 Å². The van der Waals surface area contributed by atoms with Crippen LogP contribution in [0, 0.1) is 5.92 Å². The van der Waals surface area contributed by atoms with Gasteiger partial charge < -0.3 is 14.4 Å². The summed E-state index contributed by atoms with van der Waals surface area (Å²) in [6.45, 7) is 2.69. The summed E-state index contributed by atoms with van der Waals surface area (Å²) in [6, 6.07) is 10.0. The van der Waals surface area contributed by atoms with E-state index in [0.29, 0.717) is 12.5 Å². The van der Waals surface area contributed by atoms with Crippen molar-refractivity contribution in [3.05, 3.63) is 35.9 Å². The van der Waals surface area contributed by atoms with Gasteiger partial charge in [-0.3, -0.25) is 4.79 Å². The van der Waals surface area contributed by atoms with Crippen molar-refractivity contribution >= 4 is 5.91 Å². The summed E-state index contributed by atoms with van der Waals surface area (Å²) in [5, 5.41) is 0. The maximum atomic E-state index is 12.7. The molecule has 1 spiro atoms. The van der Waals surface area contributed by atoms with Gasteiger partial charge in [-0.15, -0.1) is 0 Å². The Hall–Kier alpha value is -1.39. The standard InChI is InChI=1S/C18H23NO3/c1-12-14-9-6-10-18(12)16(22-14)15(17(20)19(18)2)21-11-13-7-4-3-5-8-13/h3-5,7-8,12,14-16H,6,9-11H2,1-2H3/t12-,14+,15-,16-,18-/m1/s1. The SMILES string of the molecule is C[C@@H]1[C@@H]2CCC[C@]13[C@H](O2)[C@@H](OCc1ccccc1)C(=O)N3C. The molecular formula is C18H23NO3. The molecule has 1 aliphatic carbocycles. The van der Waals surface area contributed by atoms with Crippen LogP contribution in [0.15, 0.2) is 30.3 Å². The maximum absolute atomic E-state index is 12.7. The van der Waals surface area contributed by atoms with E-state index in [0.717, 1.165) is 24.8 Å². The monoisotopic (exact) mass is 301 g/mol. The van der Waals surface area contributed by atoms with E-state index in [2.05, 4.69) is 6.92 Å². The van der Waals surface area contributed by atoms with E-state index in [1.165, 1.54) is 0 Å². The third kappa shape index (κ3) is 1.80. The number of likely N-dealkylation sites (N-methyl/N-ethyl adjacent to an activating group) is 1. The Labute approximate surface area is 131 Å². The minimum absolute atomic E-state index is 0.0770. The second-order valence-corrected chi connectivity index (χ2v) is 6.88. The normalized spacial score (nSPS) is 40.1. The summed E-state index contributed by atoms with van der Waals surface area (Å²) in [5.41, 5.74) is 0.939. The highest BCUT2D eigenvalue weighted by atomic mass is 16.6. The van der Waals surface area contributed by atoms with Crippen LogP contribution in [0.5, 0.6) is 0 Å². The Morgan fingerprint density at radius 2 is 2.14 bits per heavy atom. The molecule has 22 heavy (non-hydrogen) atoms. The molecule has 1 amide bonds. The molecule has 0 N–H and O–H groups in total. The molecule has 3 aliphatic rings. The van der Waals surface area contributed by atoms with E-state index in [1.807, 2.05) is 42.3 Å². The molecule has 118 valence electrons. The maximum Gasteiger partial charge on any atom is 0.254 e. The number of rotatable bonds is 3. The van der Waals surface area contributed by atoms with E-state index in [1.54, 1.807) is 0 Å². The fourth-order valence-electron chi connectivity index (χ4n) is 4.72. The smallest absolute Gasteiger partial charge is 0.254 e. The van der Waals surface area contributed by atoms with Crippen LogP contribution < -0.4 is 0 Å². The third-order valence-electron chi connectivity index (χ3n) is 5.97. The number of nitrogens with zero attached hydrogens (tertiary/aromatic N) is 1. The van der Waals surface area contributed by atoms with Crippen molar-refractivity contribution in [2.24, 2.45) is 5.92 Å². The van der Waals surface area contributed by atoms with Gasteiger partial charge in [0.1, 0.15) is 6.10 Å². The highest BCUT2D eigenvalue weighted by Gasteiger charge is 2.67. The van der Waals surface area contributed by atoms with Crippen molar-refractivity contribution in [1.82, 2.24) is 4.90 Å². The minimum Gasteiger partial charge on any atom is -0.369 e. The zero-order valence-corrected chi connectivity index (χ0v) is 13.2. The summed E-state index contributed by atoms with van der Waals surface area (Å²) in [6.07, 6.45) is 2.97. The lowest BCUT2D eigenvalue weighted by atomic mass is 9.72. The van der Waals surface area contributed by atoms with Crippen LogP contribution in [0.3, 0.4) is 0 Å². The zero-order chi connectivity index (χ0) is 15.3. The van der Waals surface area contributed by atoms with E-state index in [9.17, 15) is 4.79 Å². The second-order valence-electron chi connectivity index (χ2n) is 6.88. The van der Waals surface area contributed by atoms with Crippen LogP contribution in [0.25, 0.3) is 0 Å². The van der Waals surface area contributed by atoms with Crippen LogP contribution in [-0.4, -0.2) is 41.7 Å². The van der Waals surface area contributed by atoms with Gasteiger partial charge >= 0.3 is 0 Å². The summed E-state index contributed by atoms with van der Waals surface area (Å²) in [4.78, 5) is 14.6. The van der Waals surface area contributed by atoms with Crippen molar-refractivity contribution in [2.45, 2.75) is 56.6 Å². The summed E-state index contributed by atoms with van der Waals surface area (Å²) < 4.78 is 12.3. The van der Waals surface area contributed by atoms with Crippen LogP contribution in [-0.2, 0) is 20.9 Å². The molecule has 5 atom stereocenters. The summed E-state index contributed by atoms with van der Waals surface area (Å²) in [7, 11) is 1.93. The molecule has 4 rings (SSSR count). The Balaban J connectivity index is 1.57. The van der Waals surface area contributed by atoms with Gasteiger partial charge in [0.15, 0.2) is 6.10 Å². The number of ether oxygens (including phenoxy) is 2. The number of carbonyl (C=O) groups excluding carboxylic acids is 1. The van der Waals surface area contributed by atoms with Gasteiger partial charge in [-0.25, -0.2) is 0 Å². The predicted molar refractivity (Wildman–Crippen MR) is 82.2 cm³/mol. The quantitative estimate of drug-likeness (QED) is 0.860. The first kappa shape index (κ1) is 14.2. The van der Waals surface area contributed by atoms with Gasteiger partial charge in [-0.2, -0.15) is 0 Å². The van der Waals surface area contributed by atoms with Gasteiger partial charge in [0.25, 0.3) is 5.91 Å². The van der Waals surface area contributed by atoms with Crippen LogP contribution in [0.1, 0.15) is 31.7 Å². The first-order chi connectivity index (χ1) is 10.6. The minimum atomic E-state index is -0.462. The molecule has 0 unspecified atom stereocenters. The largest absolute Gasteiger partial charge is 0.369 e. The summed E-state index contributed by atoms with van der Waals surface area (Å²) in [5.74, 6) is 0.471. The fraction of sp³-hybridized carbons (Fsp3) is 0.611. The van der Waals surface area contributed by atoms with E-state index >= 15 is 0 Å². The lowest BCUT2D eigenvalue weighted by Gasteiger charge is -2.41. The molecule has 4 heteroatoms. The number of carbonyl (C=O) groups is 1. The van der Waals surface area contributed by atoms with Gasteiger partial charge in [-0.1, -0.05) is 37.3 Å². The number of hydrogen-bond acceptors (Lipinski definition) is 3. The molecule has 0 radical (unpaired) electrons. The lowest BCUT2D eigenvalue weighted by Crippen LogP contribution is -2.53. The summed E-state index contributed by atoms with van der Waals surface area (Å²) >= 11 is 0. The van der Waals surface area contributed by atoms with Crippen LogP contribution in [0.2, 0.25) is 0 Å². The van der Waals surface area contributed by atoms with Gasteiger partial charge in [-0.05, 0) is 24.8 Å². The van der Waals surface area contributed by atoms with Crippen molar-refractivity contribution in [2.75, 3.05) is 7.05 Å². The van der Waals surface area contributed by atoms with Crippen molar-refractivity contribution in [1.29, 1.82) is 0 Å². The molecule has 3 fully saturated rings. The van der Waals surface area contributed by atoms with E-state index in [4.69, 9.17) is 9.47 Å². The Morgan fingerprint density at radius 3 is 2.91 bits per heavy atom. The molecule has 1 saturated carbocycles. The molecule has 2 saturated heterocycles. The zero-order valence-electron chi connectivity index (χ0n) is 13.2. The van der Waals surface area contributed by atoms with Crippen molar-refractivity contribution < 1.29 is 14.3 Å². The first-order valence-corrected chi connectivity index (χ1v) is 8.23. The van der Waals surface area contributed by atoms with Gasteiger partial charge in [0.2, 0.25) is 0 Å². The Bertz CT molecular complexity index is 575. The highest BCUT2D eigenvalue weighted by Crippen LogP contribution is 2.53. The van der Waals surface area contributed by atoms with Gasteiger partial charge in [0, 0.05) is 13.0 Å². The van der Waals surface area contributed by atoms with Crippen molar-refractivity contribution in [3.8, 4) is 0 Å². The lowest BCUT2D eigenvalue weighted by molar-refractivity contribution is -0.144. The average Bonchev–Trinajstić information content (AvgIpc) is 2.81. The highest BCUT2D eigenvalue weighted by molar-refractivity contribution is 5.86. The average molecular weight is 301 g/mol. The molecule has 1 aromatic rings. The number of fused-ring (bicyclic) bond motifs is 1. The second kappa shape index (κ2) is 5.07. The first-order valence-electron chi connectivity index (χ1n) is 8.23. The molecule has 0 aromatic heterocycles. The molecule has 4 nitrogen and oxygen atoms in total. The van der Waals surface area contributed by atoms with Crippen LogP contribution >= 0.6 is 0 Å². The van der Waals surface area contributed by atoms with Crippen LogP contribution in [0.4, 0.5) is 0 Å². The Morgan fingerprint density at radius 1 is 1.36 bits per heavy atom. The Kier molecular flexibility index (Phi) is 3.27. The molecular weight excluding hydrogens is 278 g/mol. The molecule has 2 heterocycles. The topological polar surface area (TPSA) is 38.8 Å². The number of hydrogen-bond donors (Lipinski definition) is 0. The van der Waals surface area contributed by atoms with Gasteiger partial charge in [0.05, 0.1) is 18.2 Å². The molecule has 2 bridgehead atoms. The number of amides is 1. The number of likely N-dealkylation sites (tertiary alicyclic amines) is 1. The molecule has 2 aliphatic heterocycles. The molecule has 1 aromatic carbocycles.